The molecule has 1 aromatic rings. The Balaban J connectivity index is 1.82. The van der Waals surface area contributed by atoms with Crippen LogP contribution in [0.2, 0.25) is 0 Å². The van der Waals surface area contributed by atoms with Crippen molar-refractivity contribution in [3.63, 3.8) is 0 Å². The van der Waals surface area contributed by atoms with Crippen LogP contribution in [-0.2, 0) is 16.0 Å². The normalized spacial score (nSPS) is 22.5. The molecule has 0 spiro atoms. The quantitative estimate of drug-likeness (QED) is 0.814. The van der Waals surface area contributed by atoms with Crippen molar-refractivity contribution in [2.75, 3.05) is 6.61 Å². The van der Waals surface area contributed by atoms with Crippen LogP contribution in [-0.4, -0.2) is 29.8 Å². The molecule has 3 atom stereocenters. The summed E-state index contributed by atoms with van der Waals surface area (Å²) in [5.74, 6) is -0.0261. The highest BCUT2D eigenvalue weighted by atomic mass is 16.5. The first-order valence-electron chi connectivity index (χ1n) is 8.27. The Morgan fingerprint density at radius 2 is 2.09 bits per heavy atom. The minimum atomic E-state index is -0.332. The van der Waals surface area contributed by atoms with E-state index in [4.69, 9.17) is 4.74 Å². The van der Waals surface area contributed by atoms with Crippen LogP contribution in [0.3, 0.4) is 0 Å². The first kappa shape index (κ1) is 17.0. The molecule has 3 unspecified atom stereocenters. The fourth-order valence-electron chi connectivity index (χ4n) is 2.88. The fourth-order valence-corrected chi connectivity index (χ4v) is 2.88. The van der Waals surface area contributed by atoms with Gasteiger partial charge in [-0.05, 0) is 43.7 Å². The van der Waals surface area contributed by atoms with Gasteiger partial charge in [-0.15, -0.1) is 0 Å². The van der Waals surface area contributed by atoms with Crippen LogP contribution in [0.15, 0.2) is 24.3 Å². The van der Waals surface area contributed by atoms with Crippen molar-refractivity contribution in [3.8, 4) is 0 Å². The average Bonchev–Trinajstić information content (AvgIpc) is 2.96. The summed E-state index contributed by atoms with van der Waals surface area (Å²) >= 11 is 0. The summed E-state index contributed by atoms with van der Waals surface area (Å²) in [7, 11) is 0. The van der Waals surface area contributed by atoms with Crippen molar-refractivity contribution < 1.29 is 14.6 Å². The maximum Gasteiger partial charge on any atom is 0.220 e. The van der Waals surface area contributed by atoms with Gasteiger partial charge in [0.1, 0.15) is 0 Å². The van der Waals surface area contributed by atoms with Gasteiger partial charge in [-0.1, -0.05) is 31.2 Å². The molecule has 1 aliphatic heterocycles. The van der Waals surface area contributed by atoms with E-state index in [1.54, 1.807) is 0 Å². The van der Waals surface area contributed by atoms with Gasteiger partial charge in [0, 0.05) is 6.42 Å². The number of hydrogen-bond donors (Lipinski definition) is 2. The van der Waals surface area contributed by atoms with Gasteiger partial charge in [0.05, 0.1) is 24.9 Å². The number of ether oxygens (including phenoxy) is 1. The highest BCUT2D eigenvalue weighted by molar-refractivity contribution is 5.76. The summed E-state index contributed by atoms with van der Waals surface area (Å²) in [4.78, 5) is 12.1. The van der Waals surface area contributed by atoms with E-state index in [9.17, 15) is 9.90 Å². The molecule has 0 bridgehead atoms. The number of aliphatic hydroxyl groups excluding tert-OH is 1. The van der Waals surface area contributed by atoms with Crippen molar-refractivity contribution in [2.45, 2.75) is 64.2 Å². The van der Waals surface area contributed by atoms with Gasteiger partial charge in [-0.25, -0.2) is 0 Å². The Labute approximate surface area is 132 Å². The molecule has 1 aromatic carbocycles. The second-order valence-electron chi connectivity index (χ2n) is 6.08. The lowest BCUT2D eigenvalue weighted by atomic mass is 10.0. The number of amides is 1. The molecular weight excluding hydrogens is 278 g/mol. The smallest absolute Gasteiger partial charge is 0.220 e. The van der Waals surface area contributed by atoms with Crippen LogP contribution < -0.4 is 5.32 Å². The van der Waals surface area contributed by atoms with E-state index >= 15 is 0 Å². The molecule has 1 fully saturated rings. The second kappa shape index (κ2) is 8.30. The van der Waals surface area contributed by atoms with Crippen molar-refractivity contribution in [3.05, 3.63) is 35.4 Å². The van der Waals surface area contributed by atoms with Crippen molar-refractivity contribution in [2.24, 2.45) is 0 Å². The van der Waals surface area contributed by atoms with E-state index < -0.39 is 0 Å². The van der Waals surface area contributed by atoms with Gasteiger partial charge in [-0.3, -0.25) is 4.79 Å². The Morgan fingerprint density at radius 3 is 2.64 bits per heavy atom. The zero-order valence-electron chi connectivity index (χ0n) is 13.5. The van der Waals surface area contributed by atoms with E-state index in [0.717, 1.165) is 31.2 Å². The third-order valence-corrected chi connectivity index (χ3v) is 4.32. The molecule has 4 heteroatoms. The van der Waals surface area contributed by atoms with E-state index in [-0.39, 0.29) is 24.7 Å². The molecule has 4 nitrogen and oxygen atoms in total. The van der Waals surface area contributed by atoms with Crippen LogP contribution in [0.4, 0.5) is 0 Å². The summed E-state index contributed by atoms with van der Waals surface area (Å²) in [6.45, 7) is 4.09. The maximum atomic E-state index is 12.1. The molecule has 1 aliphatic rings. The number of nitrogens with one attached hydrogen (secondary N) is 1. The Hall–Kier alpha value is -1.39. The molecule has 0 aliphatic carbocycles. The SMILES string of the molecule is CCc1ccc(C(CO)NC(=O)CCC2CCC(C)O2)cc1. The van der Waals surface area contributed by atoms with Gasteiger partial charge in [0.15, 0.2) is 0 Å². The third kappa shape index (κ3) is 4.82. The largest absolute Gasteiger partial charge is 0.394 e. The summed E-state index contributed by atoms with van der Waals surface area (Å²) in [5, 5.41) is 12.4. The summed E-state index contributed by atoms with van der Waals surface area (Å²) in [6, 6.07) is 7.70. The minimum Gasteiger partial charge on any atom is -0.394 e. The van der Waals surface area contributed by atoms with Gasteiger partial charge in [0.25, 0.3) is 0 Å². The summed E-state index contributed by atoms with van der Waals surface area (Å²) in [6.07, 6.45) is 4.82. The molecule has 2 N–H and O–H groups in total. The number of hydrogen-bond acceptors (Lipinski definition) is 3. The van der Waals surface area contributed by atoms with Gasteiger partial charge < -0.3 is 15.2 Å². The lowest BCUT2D eigenvalue weighted by molar-refractivity contribution is -0.122. The van der Waals surface area contributed by atoms with Crippen molar-refractivity contribution in [1.29, 1.82) is 0 Å². The van der Waals surface area contributed by atoms with Crippen LogP contribution in [0, 0.1) is 0 Å². The average molecular weight is 305 g/mol. The topological polar surface area (TPSA) is 58.6 Å². The number of aliphatic hydroxyl groups is 1. The molecular formula is C18H27NO3. The van der Waals surface area contributed by atoms with Crippen molar-refractivity contribution >= 4 is 5.91 Å². The van der Waals surface area contributed by atoms with E-state index in [1.165, 1.54) is 5.56 Å². The summed E-state index contributed by atoms with van der Waals surface area (Å²) in [5.41, 5.74) is 2.19. The molecule has 0 aromatic heterocycles. The first-order valence-corrected chi connectivity index (χ1v) is 8.27. The van der Waals surface area contributed by atoms with Crippen LogP contribution in [0.25, 0.3) is 0 Å². The predicted molar refractivity (Wildman–Crippen MR) is 86.6 cm³/mol. The molecule has 1 amide bonds. The summed E-state index contributed by atoms with van der Waals surface area (Å²) < 4.78 is 5.72. The Morgan fingerprint density at radius 1 is 1.36 bits per heavy atom. The number of carbonyl (C=O) groups excluding carboxylic acids is 1. The molecule has 0 radical (unpaired) electrons. The van der Waals surface area contributed by atoms with Crippen LogP contribution in [0.1, 0.15) is 56.7 Å². The Bertz CT molecular complexity index is 472. The monoisotopic (exact) mass is 305 g/mol. The highest BCUT2D eigenvalue weighted by Crippen LogP contribution is 2.22. The van der Waals surface area contributed by atoms with Gasteiger partial charge in [-0.2, -0.15) is 0 Å². The zero-order chi connectivity index (χ0) is 15.9. The second-order valence-corrected chi connectivity index (χ2v) is 6.08. The zero-order valence-corrected chi connectivity index (χ0v) is 13.5. The molecule has 22 heavy (non-hydrogen) atoms. The third-order valence-electron chi connectivity index (χ3n) is 4.32. The fraction of sp³-hybridized carbons (Fsp3) is 0.611. The molecule has 122 valence electrons. The molecule has 0 saturated carbocycles. The number of benzene rings is 1. The maximum absolute atomic E-state index is 12.1. The number of carbonyl (C=O) groups is 1. The molecule has 1 heterocycles. The number of rotatable bonds is 7. The molecule has 2 rings (SSSR count). The van der Waals surface area contributed by atoms with Crippen LogP contribution in [0.5, 0.6) is 0 Å². The van der Waals surface area contributed by atoms with E-state index in [1.807, 2.05) is 24.3 Å². The lowest BCUT2D eigenvalue weighted by Crippen LogP contribution is -2.31. The predicted octanol–water partition coefficient (Wildman–Crippen LogP) is 2.75. The van der Waals surface area contributed by atoms with Crippen LogP contribution >= 0.6 is 0 Å². The lowest BCUT2D eigenvalue weighted by Gasteiger charge is -2.18. The van der Waals surface area contributed by atoms with E-state index in [2.05, 4.69) is 19.2 Å². The minimum absolute atomic E-state index is 0.0261. The highest BCUT2D eigenvalue weighted by Gasteiger charge is 2.22. The standard InChI is InChI=1S/C18H27NO3/c1-3-14-5-7-15(8-6-14)17(12-20)19-18(21)11-10-16-9-4-13(2)22-16/h5-8,13,16-17,20H,3-4,9-12H2,1-2H3,(H,19,21). The van der Waals surface area contributed by atoms with Gasteiger partial charge in [0.2, 0.25) is 5.91 Å². The first-order chi connectivity index (χ1) is 10.6. The molecule has 1 saturated heterocycles. The number of aryl methyl sites for hydroxylation is 1. The Kier molecular flexibility index (Phi) is 6.40. The van der Waals surface area contributed by atoms with Gasteiger partial charge >= 0.3 is 0 Å². The van der Waals surface area contributed by atoms with Crippen molar-refractivity contribution in [1.82, 2.24) is 5.32 Å². The van der Waals surface area contributed by atoms with E-state index in [0.29, 0.717) is 12.5 Å².